The van der Waals surface area contributed by atoms with Gasteiger partial charge in [0.2, 0.25) is 0 Å². The molecule has 0 bridgehead atoms. The van der Waals surface area contributed by atoms with E-state index in [9.17, 15) is 4.79 Å². The van der Waals surface area contributed by atoms with Gasteiger partial charge in [-0.25, -0.2) is 0 Å². The van der Waals surface area contributed by atoms with Crippen LogP contribution >= 0.6 is 0 Å². The van der Waals surface area contributed by atoms with Crippen LogP contribution in [0.5, 0.6) is 0 Å². The lowest BCUT2D eigenvalue weighted by atomic mass is 10.1. The van der Waals surface area contributed by atoms with E-state index in [4.69, 9.17) is 5.73 Å². The number of aryl methyl sites for hydroxylation is 2. The first-order chi connectivity index (χ1) is 9.11. The van der Waals surface area contributed by atoms with Crippen LogP contribution in [-0.4, -0.2) is 27.4 Å². The Balaban J connectivity index is 2.16. The molecule has 1 aromatic carbocycles. The minimum Gasteiger partial charge on any atom is -0.329 e. The molecule has 0 spiro atoms. The minimum absolute atomic E-state index is 0.263. The fraction of sp³-hybridized carbons (Fsp3) is 0.308. The quantitative estimate of drug-likeness (QED) is 0.861. The molecule has 3 N–H and O–H groups in total. The summed E-state index contributed by atoms with van der Waals surface area (Å²) in [7, 11) is 0. The number of nitrogens with one attached hydrogen (secondary N) is 1. The lowest BCUT2D eigenvalue weighted by molar-refractivity contribution is 0.102. The number of aromatic nitrogens is 3. The molecule has 0 saturated carbocycles. The highest BCUT2D eigenvalue weighted by molar-refractivity contribution is 6.03. The Bertz CT molecular complexity index is 570. The molecule has 2 aromatic rings. The van der Waals surface area contributed by atoms with Gasteiger partial charge < -0.3 is 11.1 Å². The summed E-state index contributed by atoms with van der Waals surface area (Å²) in [5.74, 6) is -0.263. The minimum atomic E-state index is -0.263. The number of carbonyl (C=O) groups excluding carboxylic acids is 1. The summed E-state index contributed by atoms with van der Waals surface area (Å²) >= 11 is 0. The molecule has 0 saturated heterocycles. The summed E-state index contributed by atoms with van der Waals surface area (Å²) in [6.07, 6.45) is 1.59. The molecular formula is C13H17N5O. The third-order valence-electron chi connectivity index (χ3n) is 2.85. The van der Waals surface area contributed by atoms with E-state index in [1.165, 1.54) is 0 Å². The van der Waals surface area contributed by atoms with Gasteiger partial charge in [0.05, 0.1) is 12.7 Å². The summed E-state index contributed by atoms with van der Waals surface area (Å²) in [4.78, 5) is 12.1. The van der Waals surface area contributed by atoms with E-state index in [0.29, 0.717) is 13.1 Å². The van der Waals surface area contributed by atoms with E-state index in [0.717, 1.165) is 16.8 Å². The number of para-hydroxylation sites is 1. The van der Waals surface area contributed by atoms with Crippen molar-refractivity contribution in [3.05, 3.63) is 41.2 Å². The Hall–Kier alpha value is -2.21. The van der Waals surface area contributed by atoms with Crippen LogP contribution in [0.1, 0.15) is 21.6 Å². The molecule has 0 fully saturated rings. The van der Waals surface area contributed by atoms with Gasteiger partial charge in [0.15, 0.2) is 5.69 Å². The van der Waals surface area contributed by atoms with E-state index in [-0.39, 0.29) is 11.6 Å². The molecule has 0 unspecified atom stereocenters. The zero-order valence-corrected chi connectivity index (χ0v) is 11.1. The fourth-order valence-electron chi connectivity index (χ4n) is 1.83. The van der Waals surface area contributed by atoms with Gasteiger partial charge in [-0.3, -0.25) is 9.48 Å². The highest BCUT2D eigenvalue weighted by Gasteiger charge is 2.13. The topological polar surface area (TPSA) is 85.8 Å². The standard InChI is InChI=1S/C13H17N5O/c1-9-4-3-5-10(2)12(9)15-13(19)11-8-18(7-6-14)17-16-11/h3-5,8H,6-7,14H2,1-2H3,(H,15,19). The average molecular weight is 259 g/mol. The average Bonchev–Trinajstić information content (AvgIpc) is 2.83. The SMILES string of the molecule is Cc1cccc(C)c1NC(=O)c1cn(CCN)nn1. The van der Waals surface area contributed by atoms with Crippen molar-refractivity contribution >= 4 is 11.6 Å². The smallest absolute Gasteiger partial charge is 0.277 e. The van der Waals surface area contributed by atoms with Crippen LogP contribution in [0.2, 0.25) is 0 Å². The molecule has 1 heterocycles. The van der Waals surface area contributed by atoms with Gasteiger partial charge in [-0.2, -0.15) is 0 Å². The van der Waals surface area contributed by atoms with Gasteiger partial charge in [-0.05, 0) is 25.0 Å². The normalized spacial score (nSPS) is 10.5. The summed E-state index contributed by atoms with van der Waals surface area (Å²) in [6, 6.07) is 5.86. The second-order valence-electron chi connectivity index (χ2n) is 4.38. The summed E-state index contributed by atoms with van der Waals surface area (Å²) < 4.78 is 1.56. The molecule has 2 rings (SSSR count). The number of nitrogens with zero attached hydrogens (tertiary/aromatic N) is 3. The van der Waals surface area contributed by atoms with Crippen molar-refractivity contribution in [3.8, 4) is 0 Å². The number of hydrogen-bond donors (Lipinski definition) is 2. The first-order valence-corrected chi connectivity index (χ1v) is 6.09. The predicted molar refractivity (Wildman–Crippen MR) is 72.9 cm³/mol. The number of amides is 1. The maximum atomic E-state index is 12.1. The Kier molecular flexibility index (Phi) is 3.91. The molecule has 6 heteroatoms. The zero-order chi connectivity index (χ0) is 13.8. The fourth-order valence-corrected chi connectivity index (χ4v) is 1.83. The van der Waals surface area contributed by atoms with Crippen LogP contribution in [0.15, 0.2) is 24.4 Å². The number of nitrogens with two attached hydrogens (primary N) is 1. The lowest BCUT2D eigenvalue weighted by Gasteiger charge is -2.09. The van der Waals surface area contributed by atoms with Gasteiger partial charge in [0.25, 0.3) is 5.91 Å². The first kappa shape index (κ1) is 13.2. The van der Waals surface area contributed by atoms with Crippen LogP contribution in [0, 0.1) is 13.8 Å². The Morgan fingerprint density at radius 2 is 2.05 bits per heavy atom. The second-order valence-corrected chi connectivity index (χ2v) is 4.38. The van der Waals surface area contributed by atoms with E-state index < -0.39 is 0 Å². The van der Waals surface area contributed by atoms with E-state index in [1.807, 2.05) is 32.0 Å². The Morgan fingerprint density at radius 3 is 2.68 bits per heavy atom. The molecule has 19 heavy (non-hydrogen) atoms. The van der Waals surface area contributed by atoms with Crippen LogP contribution in [-0.2, 0) is 6.54 Å². The van der Waals surface area contributed by atoms with Crippen LogP contribution in [0.4, 0.5) is 5.69 Å². The zero-order valence-electron chi connectivity index (χ0n) is 11.1. The monoisotopic (exact) mass is 259 g/mol. The van der Waals surface area contributed by atoms with Gasteiger partial charge in [0, 0.05) is 12.2 Å². The molecule has 0 aliphatic carbocycles. The second kappa shape index (κ2) is 5.62. The van der Waals surface area contributed by atoms with Gasteiger partial charge in [-0.1, -0.05) is 23.4 Å². The number of rotatable bonds is 4. The summed E-state index contributed by atoms with van der Waals surface area (Å²) in [6.45, 7) is 4.91. The van der Waals surface area contributed by atoms with Crippen molar-refractivity contribution in [1.29, 1.82) is 0 Å². The van der Waals surface area contributed by atoms with Crippen LogP contribution < -0.4 is 11.1 Å². The number of hydrogen-bond acceptors (Lipinski definition) is 4. The third kappa shape index (κ3) is 2.97. The largest absolute Gasteiger partial charge is 0.329 e. The molecule has 1 amide bonds. The number of benzene rings is 1. The van der Waals surface area contributed by atoms with Crippen LogP contribution in [0.3, 0.4) is 0 Å². The van der Waals surface area contributed by atoms with Crippen molar-refractivity contribution in [2.45, 2.75) is 20.4 Å². The highest BCUT2D eigenvalue weighted by atomic mass is 16.2. The Labute approximate surface area is 111 Å². The molecule has 0 atom stereocenters. The van der Waals surface area contributed by atoms with Crippen molar-refractivity contribution in [1.82, 2.24) is 15.0 Å². The third-order valence-corrected chi connectivity index (χ3v) is 2.85. The van der Waals surface area contributed by atoms with Crippen LogP contribution in [0.25, 0.3) is 0 Å². The molecule has 0 radical (unpaired) electrons. The number of carbonyl (C=O) groups is 1. The Morgan fingerprint density at radius 1 is 1.37 bits per heavy atom. The van der Waals surface area contributed by atoms with E-state index >= 15 is 0 Å². The molecule has 100 valence electrons. The molecule has 1 aromatic heterocycles. The molecule has 6 nitrogen and oxygen atoms in total. The lowest BCUT2D eigenvalue weighted by Crippen LogP contribution is -2.14. The van der Waals surface area contributed by atoms with Crippen molar-refractivity contribution in [2.75, 3.05) is 11.9 Å². The highest BCUT2D eigenvalue weighted by Crippen LogP contribution is 2.19. The van der Waals surface area contributed by atoms with E-state index in [2.05, 4.69) is 15.6 Å². The van der Waals surface area contributed by atoms with Crippen molar-refractivity contribution in [3.63, 3.8) is 0 Å². The molecule has 0 aliphatic heterocycles. The molecular weight excluding hydrogens is 242 g/mol. The first-order valence-electron chi connectivity index (χ1n) is 6.09. The predicted octanol–water partition coefficient (Wildman–Crippen LogP) is 1.11. The van der Waals surface area contributed by atoms with E-state index in [1.54, 1.807) is 10.9 Å². The van der Waals surface area contributed by atoms with Crippen molar-refractivity contribution in [2.24, 2.45) is 5.73 Å². The number of anilines is 1. The summed E-state index contributed by atoms with van der Waals surface area (Å²) in [5, 5.41) is 10.5. The molecule has 0 aliphatic rings. The van der Waals surface area contributed by atoms with Crippen molar-refractivity contribution < 1.29 is 4.79 Å². The van der Waals surface area contributed by atoms with Gasteiger partial charge in [0.1, 0.15) is 0 Å². The maximum absolute atomic E-state index is 12.1. The van der Waals surface area contributed by atoms with Gasteiger partial charge in [-0.15, -0.1) is 5.10 Å². The van der Waals surface area contributed by atoms with Gasteiger partial charge >= 0.3 is 0 Å². The summed E-state index contributed by atoms with van der Waals surface area (Å²) in [5.41, 5.74) is 8.56. The maximum Gasteiger partial charge on any atom is 0.277 e.